The number of hydrogen-bond donors (Lipinski definition) is 2. The number of phenols is 1. The summed E-state index contributed by atoms with van der Waals surface area (Å²) in [6.45, 7) is 2.50. The van der Waals surface area contributed by atoms with E-state index in [1.54, 1.807) is 12.1 Å². The van der Waals surface area contributed by atoms with Gasteiger partial charge in [0, 0.05) is 6.54 Å². The zero-order valence-corrected chi connectivity index (χ0v) is 7.12. The van der Waals surface area contributed by atoms with Crippen molar-refractivity contribution in [3.63, 3.8) is 0 Å². The topological polar surface area (TPSA) is 46.2 Å². The maximum Gasteiger partial charge on any atom is 0.115 e. The molecule has 1 rings (SSSR count). The molecule has 0 amide bonds. The number of rotatable bonds is 2. The number of hydrogen-bond acceptors (Lipinski definition) is 2. The van der Waals surface area contributed by atoms with Crippen LogP contribution in [0.1, 0.15) is 11.1 Å². The van der Waals surface area contributed by atoms with Gasteiger partial charge in [0.1, 0.15) is 5.75 Å². The predicted octanol–water partition coefficient (Wildman–Crippen LogP) is 1.67. The average molecular weight is 163 g/mol. The molecule has 0 aromatic heterocycles. The van der Waals surface area contributed by atoms with E-state index in [0.29, 0.717) is 12.3 Å². The second-order valence-electron chi connectivity index (χ2n) is 2.68. The quantitative estimate of drug-likeness (QED) is 0.696. The Bertz CT molecular complexity index is 292. The summed E-state index contributed by atoms with van der Waals surface area (Å²) in [5.74, 6) is 0.303. The SMILES string of the molecule is Cc1cc(O)ccc1/C=C/CN. The number of phenolic OH excluding ortho intramolecular Hbond substituents is 1. The van der Waals surface area contributed by atoms with Crippen molar-refractivity contribution in [3.8, 4) is 5.75 Å². The van der Waals surface area contributed by atoms with E-state index in [9.17, 15) is 0 Å². The van der Waals surface area contributed by atoms with Crippen LogP contribution in [0.25, 0.3) is 6.08 Å². The van der Waals surface area contributed by atoms with Crippen LogP contribution in [0, 0.1) is 6.92 Å². The molecule has 0 atom stereocenters. The molecule has 2 heteroatoms. The Kier molecular flexibility index (Phi) is 2.88. The smallest absolute Gasteiger partial charge is 0.115 e. The van der Waals surface area contributed by atoms with Crippen LogP contribution in [0.5, 0.6) is 5.75 Å². The fourth-order valence-corrected chi connectivity index (χ4v) is 1.04. The van der Waals surface area contributed by atoms with Crippen molar-refractivity contribution >= 4 is 6.08 Å². The molecule has 0 aliphatic rings. The van der Waals surface area contributed by atoms with Gasteiger partial charge in [-0.2, -0.15) is 0 Å². The lowest BCUT2D eigenvalue weighted by Crippen LogP contribution is -1.92. The van der Waals surface area contributed by atoms with Gasteiger partial charge >= 0.3 is 0 Å². The summed E-state index contributed by atoms with van der Waals surface area (Å²) in [6, 6.07) is 5.27. The van der Waals surface area contributed by atoms with E-state index >= 15 is 0 Å². The number of aryl methyl sites for hydroxylation is 1. The lowest BCUT2D eigenvalue weighted by atomic mass is 10.1. The Balaban J connectivity index is 2.94. The highest BCUT2D eigenvalue weighted by Crippen LogP contribution is 2.16. The van der Waals surface area contributed by atoms with Crippen LogP contribution >= 0.6 is 0 Å². The average Bonchev–Trinajstić information content (AvgIpc) is 2.03. The summed E-state index contributed by atoms with van der Waals surface area (Å²) in [4.78, 5) is 0. The standard InChI is InChI=1S/C10H13NO/c1-8-7-10(12)5-4-9(8)3-2-6-11/h2-5,7,12H,6,11H2,1H3/b3-2+. The molecule has 2 nitrogen and oxygen atoms in total. The number of aromatic hydroxyl groups is 1. The molecular weight excluding hydrogens is 150 g/mol. The van der Waals surface area contributed by atoms with E-state index < -0.39 is 0 Å². The molecule has 0 fully saturated rings. The summed E-state index contributed by atoms with van der Waals surface area (Å²) >= 11 is 0. The molecule has 1 aromatic carbocycles. The fraction of sp³-hybridized carbons (Fsp3) is 0.200. The minimum Gasteiger partial charge on any atom is -0.508 e. The van der Waals surface area contributed by atoms with E-state index in [4.69, 9.17) is 10.8 Å². The molecule has 64 valence electrons. The molecule has 0 saturated heterocycles. The number of nitrogens with two attached hydrogens (primary N) is 1. The minimum atomic E-state index is 0.303. The molecule has 0 bridgehead atoms. The van der Waals surface area contributed by atoms with Gasteiger partial charge in [0.15, 0.2) is 0 Å². The van der Waals surface area contributed by atoms with Gasteiger partial charge in [0.2, 0.25) is 0 Å². The third kappa shape index (κ3) is 2.10. The molecule has 1 aromatic rings. The van der Waals surface area contributed by atoms with Crippen LogP contribution < -0.4 is 5.73 Å². The highest BCUT2D eigenvalue weighted by molar-refractivity contribution is 5.55. The zero-order chi connectivity index (χ0) is 8.97. The maximum absolute atomic E-state index is 9.11. The maximum atomic E-state index is 9.11. The normalized spacial score (nSPS) is 10.8. The van der Waals surface area contributed by atoms with Crippen molar-refractivity contribution in [2.75, 3.05) is 6.54 Å². The van der Waals surface area contributed by atoms with Gasteiger partial charge in [0.25, 0.3) is 0 Å². The van der Waals surface area contributed by atoms with Gasteiger partial charge in [-0.15, -0.1) is 0 Å². The Morgan fingerprint density at radius 2 is 2.25 bits per heavy atom. The molecule has 0 spiro atoms. The highest BCUT2D eigenvalue weighted by Gasteiger charge is 1.94. The zero-order valence-electron chi connectivity index (χ0n) is 7.12. The monoisotopic (exact) mass is 163 g/mol. The Morgan fingerprint density at radius 1 is 1.50 bits per heavy atom. The molecule has 12 heavy (non-hydrogen) atoms. The molecular formula is C10H13NO. The summed E-state index contributed by atoms with van der Waals surface area (Å²) in [5, 5.41) is 9.11. The van der Waals surface area contributed by atoms with Crippen LogP contribution in [0.2, 0.25) is 0 Å². The second kappa shape index (κ2) is 3.93. The van der Waals surface area contributed by atoms with Crippen molar-refractivity contribution in [2.24, 2.45) is 5.73 Å². The first-order valence-corrected chi connectivity index (χ1v) is 3.90. The summed E-state index contributed by atoms with van der Waals surface area (Å²) in [6.07, 6.45) is 3.84. The van der Waals surface area contributed by atoms with Crippen molar-refractivity contribution in [3.05, 3.63) is 35.4 Å². The first-order chi connectivity index (χ1) is 5.74. The molecule has 0 aliphatic carbocycles. The van der Waals surface area contributed by atoms with Gasteiger partial charge in [-0.3, -0.25) is 0 Å². The highest BCUT2D eigenvalue weighted by atomic mass is 16.3. The fourth-order valence-electron chi connectivity index (χ4n) is 1.04. The van der Waals surface area contributed by atoms with Crippen molar-refractivity contribution in [1.29, 1.82) is 0 Å². The van der Waals surface area contributed by atoms with Gasteiger partial charge in [-0.1, -0.05) is 18.2 Å². The van der Waals surface area contributed by atoms with E-state index in [2.05, 4.69) is 0 Å². The van der Waals surface area contributed by atoms with Crippen molar-refractivity contribution in [1.82, 2.24) is 0 Å². The Hall–Kier alpha value is -1.28. The predicted molar refractivity (Wildman–Crippen MR) is 50.9 cm³/mol. The third-order valence-corrected chi connectivity index (χ3v) is 1.69. The summed E-state index contributed by atoms with van der Waals surface area (Å²) in [5.41, 5.74) is 7.47. The lowest BCUT2D eigenvalue weighted by molar-refractivity contribution is 0.475. The molecule has 0 saturated carbocycles. The van der Waals surface area contributed by atoms with E-state index in [-0.39, 0.29) is 0 Å². The van der Waals surface area contributed by atoms with E-state index in [0.717, 1.165) is 11.1 Å². The van der Waals surface area contributed by atoms with Crippen LogP contribution in [-0.4, -0.2) is 11.7 Å². The van der Waals surface area contributed by atoms with Crippen molar-refractivity contribution < 1.29 is 5.11 Å². The Labute approximate surface area is 72.3 Å². The summed E-state index contributed by atoms with van der Waals surface area (Å²) < 4.78 is 0. The van der Waals surface area contributed by atoms with Crippen LogP contribution in [0.4, 0.5) is 0 Å². The van der Waals surface area contributed by atoms with Crippen LogP contribution in [-0.2, 0) is 0 Å². The summed E-state index contributed by atoms with van der Waals surface area (Å²) in [7, 11) is 0. The van der Waals surface area contributed by atoms with Gasteiger partial charge in [-0.25, -0.2) is 0 Å². The molecule has 0 unspecified atom stereocenters. The number of benzene rings is 1. The molecule has 0 aliphatic heterocycles. The van der Waals surface area contributed by atoms with Gasteiger partial charge in [-0.05, 0) is 30.2 Å². The van der Waals surface area contributed by atoms with E-state index in [1.807, 2.05) is 25.1 Å². The van der Waals surface area contributed by atoms with Crippen LogP contribution in [0.3, 0.4) is 0 Å². The third-order valence-electron chi connectivity index (χ3n) is 1.69. The largest absolute Gasteiger partial charge is 0.508 e. The Morgan fingerprint density at radius 3 is 2.83 bits per heavy atom. The first kappa shape index (κ1) is 8.81. The van der Waals surface area contributed by atoms with E-state index in [1.165, 1.54) is 0 Å². The van der Waals surface area contributed by atoms with Gasteiger partial charge < -0.3 is 10.8 Å². The first-order valence-electron chi connectivity index (χ1n) is 3.90. The molecule has 0 heterocycles. The minimum absolute atomic E-state index is 0.303. The molecule has 3 N–H and O–H groups in total. The van der Waals surface area contributed by atoms with Crippen LogP contribution in [0.15, 0.2) is 24.3 Å². The van der Waals surface area contributed by atoms with Crippen molar-refractivity contribution in [2.45, 2.75) is 6.92 Å². The molecule has 0 radical (unpaired) electrons. The second-order valence-corrected chi connectivity index (χ2v) is 2.68. The van der Waals surface area contributed by atoms with Gasteiger partial charge in [0.05, 0.1) is 0 Å². The lowest BCUT2D eigenvalue weighted by Gasteiger charge is -1.99.